The fourth-order valence-corrected chi connectivity index (χ4v) is 2.27. The standard InChI is InChI=1S/C13H22N4O/c1-4-10-8-18-9(3)7-17(10)13-6-11(14)15-12(5-2)16-13/h6,9-10H,4-5,7-8H2,1-3H3,(H2,14,15,16). The average molecular weight is 250 g/mol. The molecule has 5 nitrogen and oxygen atoms in total. The Bertz CT molecular complexity index is 410. The largest absolute Gasteiger partial charge is 0.384 e. The smallest absolute Gasteiger partial charge is 0.134 e. The predicted molar refractivity (Wildman–Crippen MR) is 72.7 cm³/mol. The van der Waals surface area contributed by atoms with Gasteiger partial charge in [0.15, 0.2) is 0 Å². The highest BCUT2D eigenvalue weighted by Crippen LogP contribution is 2.23. The molecular weight excluding hydrogens is 228 g/mol. The molecule has 1 aromatic rings. The van der Waals surface area contributed by atoms with E-state index in [1.54, 1.807) is 0 Å². The lowest BCUT2D eigenvalue weighted by molar-refractivity contribution is 0.0296. The lowest BCUT2D eigenvalue weighted by Gasteiger charge is -2.39. The van der Waals surface area contributed by atoms with Crippen molar-refractivity contribution in [1.29, 1.82) is 0 Å². The number of nitrogens with zero attached hydrogens (tertiary/aromatic N) is 3. The number of aryl methyl sites for hydroxylation is 1. The quantitative estimate of drug-likeness (QED) is 0.883. The van der Waals surface area contributed by atoms with E-state index < -0.39 is 0 Å². The van der Waals surface area contributed by atoms with Crippen LogP contribution in [0, 0.1) is 0 Å². The van der Waals surface area contributed by atoms with Crippen molar-refractivity contribution < 1.29 is 4.74 Å². The number of aromatic nitrogens is 2. The van der Waals surface area contributed by atoms with Gasteiger partial charge in [-0.3, -0.25) is 0 Å². The summed E-state index contributed by atoms with van der Waals surface area (Å²) in [6.45, 7) is 7.91. The molecule has 1 fully saturated rings. The monoisotopic (exact) mass is 250 g/mol. The van der Waals surface area contributed by atoms with Crippen molar-refractivity contribution in [3.8, 4) is 0 Å². The first kappa shape index (κ1) is 13.1. The molecule has 18 heavy (non-hydrogen) atoms. The summed E-state index contributed by atoms with van der Waals surface area (Å²) >= 11 is 0. The molecule has 2 rings (SSSR count). The van der Waals surface area contributed by atoms with Crippen LogP contribution in [0.5, 0.6) is 0 Å². The normalized spacial score (nSPS) is 24.3. The Morgan fingerprint density at radius 1 is 1.44 bits per heavy atom. The number of anilines is 2. The molecule has 2 atom stereocenters. The Morgan fingerprint density at radius 3 is 2.89 bits per heavy atom. The average Bonchev–Trinajstić information content (AvgIpc) is 2.38. The molecule has 2 unspecified atom stereocenters. The van der Waals surface area contributed by atoms with Crippen molar-refractivity contribution in [2.75, 3.05) is 23.8 Å². The van der Waals surface area contributed by atoms with Gasteiger partial charge in [0.1, 0.15) is 17.5 Å². The van der Waals surface area contributed by atoms with Crippen molar-refractivity contribution >= 4 is 11.6 Å². The Morgan fingerprint density at radius 2 is 2.22 bits per heavy atom. The van der Waals surface area contributed by atoms with Gasteiger partial charge in [0.25, 0.3) is 0 Å². The van der Waals surface area contributed by atoms with Crippen LogP contribution in [0.4, 0.5) is 11.6 Å². The third-order valence-electron chi connectivity index (χ3n) is 3.33. The first-order valence-electron chi connectivity index (χ1n) is 6.65. The molecule has 0 bridgehead atoms. The first-order chi connectivity index (χ1) is 8.63. The van der Waals surface area contributed by atoms with Gasteiger partial charge in [0.05, 0.1) is 18.8 Å². The van der Waals surface area contributed by atoms with E-state index in [1.165, 1.54) is 0 Å². The molecule has 0 spiro atoms. The Hall–Kier alpha value is -1.36. The van der Waals surface area contributed by atoms with Crippen molar-refractivity contribution in [3.63, 3.8) is 0 Å². The maximum absolute atomic E-state index is 5.85. The Balaban J connectivity index is 2.29. The lowest BCUT2D eigenvalue weighted by atomic mass is 10.1. The highest BCUT2D eigenvalue weighted by molar-refractivity contribution is 5.48. The molecule has 0 amide bonds. The van der Waals surface area contributed by atoms with Crippen LogP contribution in [0.25, 0.3) is 0 Å². The molecule has 2 N–H and O–H groups in total. The maximum atomic E-state index is 5.85. The summed E-state index contributed by atoms with van der Waals surface area (Å²) in [7, 11) is 0. The van der Waals surface area contributed by atoms with E-state index in [-0.39, 0.29) is 6.10 Å². The van der Waals surface area contributed by atoms with Crippen molar-refractivity contribution in [2.45, 2.75) is 45.8 Å². The molecular formula is C13H22N4O. The number of morpholine rings is 1. The van der Waals surface area contributed by atoms with E-state index in [4.69, 9.17) is 10.5 Å². The minimum atomic E-state index is 0.231. The van der Waals surface area contributed by atoms with Gasteiger partial charge in [0.2, 0.25) is 0 Å². The maximum Gasteiger partial charge on any atom is 0.134 e. The molecule has 2 heterocycles. The van der Waals surface area contributed by atoms with E-state index in [9.17, 15) is 0 Å². The summed E-state index contributed by atoms with van der Waals surface area (Å²) < 4.78 is 5.70. The summed E-state index contributed by atoms with van der Waals surface area (Å²) in [5, 5.41) is 0. The zero-order valence-corrected chi connectivity index (χ0v) is 11.4. The second-order valence-corrected chi connectivity index (χ2v) is 4.78. The van der Waals surface area contributed by atoms with Crippen molar-refractivity contribution in [1.82, 2.24) is 9.97 Å². The Labute approximate surface area is 108 Å². The second-order valence-electron chi connectivity index (χ2n) is 4.78. The van der Waals surface area contributed by atoms with Crippen LogP contribution in [-0.4, -0.2) is 35.3 Å². The topological polar surface area (TPSA) is 64.3 Å². The number of rotatable bonds is 3. The van der Waals surface area contributed by atoms with Gasteiger partial charge in [0, 0.05) is 19.0 Å². The zero-order valence-electron chi connectivity index (χ0n) is 11.4. The number of ether oxygens (including phenoxy) is 1. The van der Waals surface area contributed by atoms with Gasteiger partial charge in [-0.15, -0.1) is 0 Å². The summed E-state index contributed by atoms with van der Waals surface area (Å²) in [6.07, 6.45) is 2.07. The number of nitrogen functional groups attached to an aromatic ring is 1. The number of nitrogens with two attached hydrogens (primary N) is 1. The van der Waals surface area contributed by atoms with Crippen molar-refractivity contribution in [3.05, 3.63) is 11.9 Å². The van der Waals surface area contributed by atoms with Gasteiger partial charge in [-0.1, -0.05) is 13.8 Å². The van der Waals surface area contributed by atoms with Gasteiger partial charge in [-0.05, 0) is 13.3 Å². The van der Waals surface area contributed by atoms with Crippen LogP contribution in [0.1, 0.15) is 33.0 Å². The SMILES string of the molecule is CCc1nc(N)cc(N2CC(C)OCC2CC)n1. The number of hydrogen-bond donors (Lipinski definition) is 1. The highest BCUT2D eigenvalue weighted by Gasteiger charge is 2.27. The number of hydrogen-bond acceptors (Lipinski definition) is 5. The fraction of sp³-hybridized carbons (Fsp3) is 0.692. The lowest BCUT2D eigenvalue weighted by Crippen LogP contribution is -2.49. The molecule has 0 aromatic carbocycles. The van der Waals surface area contributed by atoms with E-state index in [2.05, 4.69) is 28.7 Å². The molecule has 0 radical (unpaired) electrons. The van der Waals surface area contributed by atoms with Crippen LogP contribution in [-0.2, 0) is 11.2 Å². The van der Waals surface area contributed by atoms with E-state index in [0.717, 1.165) is 37.6 Å². The molecule has 1 aliphatic heterocycles. The van der Waals surface area contributed by atoms with Crippen LogP contribution in [0.2, 0.25) is 0 Å². The fourth-order valence-electron chi connectivity index (χ4n) is 2.27. The minimum absolute atomic E-state index is 0.231. The molecule has 1 aliphatic rings. The van der Waals surface area contributed by atoms with E-state index in [0.29, 0.717) is 11.9 Å². The predicted octanol–water partition coefficient (Wildman–Crippen LogP) is 1.62. The molecule has 0 saturated carbocycles. The van der Waals surface area contributed by atoms with Gasteiger partial charge >= 0.3 is 0 Å². The summed E-state index contributed by atoms with van der Waals surface area (Å²) in [5.41, 5.74) is 5.85. The van der Waals surface area contributed by atoms with Gasteiger partial charge < -0.3 is 15.4 Å². The van der Waals surface area contributed by atoms with Crippen LogP contribution >= 0.6 is 0 Å². The molecule has 1 aromatic heterocycles. The molecule has 5 heteroatoms. The minimum Gasteiger partial charge on any atom is -0.384 e. The van der Waals surface area contributed by atoms with Gasteiger partial charge in [-0.25, -0.2) is 9.97 Å². The Kier molecular flexibility index (Phi) is 4.01. The van der Waals surface area contributed by atoms with E-state index >= 15 is 0 Å². The summed E-state index contributed by atoms with van der Waals surface area (Å²) in [5.74, 6) is 2.28. The van der Waals surface area contributed by atoms with E-state index in [1.807, 2.05) is 13.0 Å². The third kappa shape index (κ3) is 2.72. The van der Waals surface area contributed by atoms with Crippen LogP contribution in [0.15, 0.2) is 6.07 Å². The van der Waals surface area contributed by atoms with Gasteiger partial charge in [-0.2, -0.15) is 0 Å². The molecule has 0 aliphatic carbocycles. The molecule has 100 valence electrons. The second kappa shape index (κ2) is 5.52. The highest BCUT2D eigenvalue weighted by atomic mass is 16.5. The first-order valence-corrected chi connectivity index (χ1v) is 6.65. The van der Waals surface area contributed by atoms with Crippen LogP contribution in [0.3, 0.4) is 0 Å². The zero-order chi connectivity index (χ0) is 13.1. The van der Waals surface area contributed by atoms with Crippen molar-refractivity contribution in [2.24, 2.45) is 0 Å². The van der Waals surface area contributed by atoms with Crippen LogP contribution < -0.4 is 10.6 Å². The molecule has 1 saturated heterocycles. The summed E-state index contributed by atoms with van der Waals surface area (Å²) in [4.78, 5) is 11.1. The third-order valence-corrected chi connectivity index (χ3v) is 3.33. The summed E-state index contributed by atoms with van der Waals surface area (Å²) in [6, 6.07) is 2.24.